The van der Waals surface area contributed by atoms with E-state index in [0.717, 1.165) is 4.90 Å². The summed E-state index contributed by atoms with van der Waals surface area (Å²) in [6.45, 7) is 0. The van der Waals surface area contributed by atoms with E-state index < -0.39 is 22.8 Å². The van der Waals surface area contributed by atoms with Gasteiger partial charge in [0.25, 0.3) is 22.8 Å². The first-order chi connectivity index (χ1) is 8.08. The van der Waals surface area contributed by atoms with Crippen LogP contribution in [0.5, 0.6) is 5.75 Å². The molecule has 0 spiro atoms. The number of anilines is 1. The van der Waals surface area contributed by atoms with Crippen LogP contribution in [0.3, 0.4) is 0 Å². The second-order valence-corrected chi connectivity index (χ2v) is 3.78. The fourth-order valence-corrected chi connectivity index (χ4v) is 1.69. The normalized spacial score (nSPS) is 14.8. The van der Waals surface area contributed by atoms with Crippen molar-refractivity contribution in [3.8, 4) is 5.75 Å². The molecule has 0 aromatic heterocycles. The van der Waals surface area contributed by atoms with E-state index in [1.807, 2.05) is 0 Å². The van der Waals surface area contributed by atoms with E-state index in [1.165, 1.54) is 36.4 Å². The van der Waals surface area contributed by atoms with Gasteiger partial charge in [-0.15, -0.1) is 0 Å². The van der Waals surface area contributed by atoms with E-state index in [2.05, 4.69) is 4.18 Å². The van der Waals surface area contributed by atoms with Crippen molar-refractivity contribution in [2.45, 2.75) is 0 Å². The number of thiol groups is 1. The Kier molecular flexibility index (Phi) is 2.92. The number of hydrogen-bond donors (Lipinski definition) is 1. The quantitative estimate of drug-likeness (QED) is 0.606. The van der Waals surface area contributed by atoms with Crippen molar-refractivity contribution >= 4 is 28.5 Å². The van der Waals surface area contributed by atoms with Crippen LogP contribution in [0, 0.1) is 0 Å². The summed E-state index contributed by atoms with van der Waals surface area (Å²) < 4.78 is 25.0. The lowest BCUT2D eigenvalue weighted by molar-refractivity contribution is -0.119. The molecule has 0 unspecified atom stereocenters. The van der Waals surface area contributed by atoms with E-state index in [-0.39, 0.29) is 5.75 Å². The Morgan fingerprint density at radius 2 is 1.47 bits per heavy atom. The molecule has 1 aromatic carbocycles. The molecule has 0 N–H and O–H groups in total. The third-order valence-electron chi connectivity index (χ3n) is 2.08. The highest BCUT2D eigenvalue weighted by Gasteiger charge is 2.24. The van der Waals surface area contributed by atoms with Gasteiger partial charge in [0, 0.05) is 12.2 Å². The van der Waals surface area contributed by atoms with Gasteiger partial charge in [-0.3, -0.25) is 9.59 Å². The molecule has 0 fully saturated rings. The molecule has 0 saturated carbocycles. The third kappa shape index (κ3) is 2.34. The van der Waals surface area contributed by atoms with E-state index in [4.69, 9.17) is 0 Å². The van der Waals surface area contributed by atoms with E-state index in [1.54, 1.807) is 0 Å². The summed E-state index contributed by atoms with van der Waals surface area (Å²) in [7, 11) is -2.97. The summed E-state index contributed by atoms with van der Waals surface area (Å²) in [6, 6.07) is 5.58. The maximum absolute atomic E-state index is 11.3. The highest BCUT2D eigenvalue weighted by Crippen LogP contribution is 2.22. The van der Waals surface area contributed by atoms with Crippen LogP contribution in [-0.4, -0.2) is 20.2 Å². The summed E-state index contributed by atoms with van der Waals surface area (Å²) in [6.07, 6.45) is 2.34. The smallest absolute Gasteiger partial charge is 0.299 e. The number of imide groups is 1. The van der Waals surface area contributed by atoms with Crippen LogP contribution in [0.4, 0.5) is 5.69 Å². The zero-order chi connectivity index (χ0) is 12.4. The fraction of sp³-hybridized carbons (Fsp3) is 0. The molecule has 2 rings (SSSR count). The molecular weight excluding hydrogens is 246 g/mol. The Morgan fingerprint density at radius 3 is 1.94 bits per heavy atom. The maximum Gasteiger partial charge on any atom is 0.299 e. The lowest BCUT2D eigenvalue weighted by atomic mass is 10.3. The monoisotopic (exact) mass is 253 g/mol. The highest BCUT2D eigenvalue weighted by atomic mass is 32.2. The number of carbonyl (C=O) groups excluding carboxylic acids is 2. The van der Waals surface area contributed by atoms with E-state index in [9.17, 15) is 18.0 Å². The molecule has 1 aromatic rings. The van der Waals surface area contributed by atoms with Crippen molar-refractivity contribution in [3.63, 3.8) is 0 Å². The van der Waals surface area contributed by atoms with Gasteiger partial charge in [0.2, 0.25) is 0 Å². The molecule has 17 heavy (non-hydrogen) atoms. The van der Waals surface area contributed by atoms with Crippen LogP contribution >= 0.6 is 0 Å². The third-order valence-corrected chi connectivity index (χ3v) is 2.44. The summed E-state index contributed by atoms with van der Waals surface area (Å²) in [5.41, 5.74) is 0.360. The zero-order valence-electron chi connectivity index (χ0n) is 8.40. The predicted octanol–water partition coefficient (Wildman–Crippen LogP) is 0.0212. The molecule has 1 aliphatic heterocycles. The van der Waals surface area contributed by atoms with Crippen LogP contribution in [0.2, 0.25) is 0 Å². The van der Waals surface area contributed by atoms with Crippen LogP contribution < -0.4 is 9.08 Å². The van der Waals surface area contributed by atoms with Crippen molar-refractivity contribution in [1.29, 1.82) is 0 Å². The topological polar surface area (TPSA) is 80.8 Å². The van der Waals surface area contributed by atoms with Gasteiger partial charge in [0.05, 0.1) is 5.69 Å². The van der Waals surface area contributed by atoms with Gasteiger partial charge in [-0.1, -0.05) is 0 Å². The van der Waals surface area contributed by atoms with Gasteiger partial charge in [-0.25, -0.2) is 4.90 Å². The molecular formula is C10H7NO5S. The highest BCUT2D eigenvalue weighted by molar-refractivity contribution is 7.67. The molecule has 0 radical (unpaired) electrons. The second kappa shape index (κ2) is 4.38. The lowest BCUT2D eigenvalue weighted by Gasteiger charge is -2.13. The summed E-state index contributed by atoms with van der Waals surface area (Å²) >= 11 is 0. The van der Waals surface area contributed by atoms with Crippen LogP contribution in [0.1, 0.15) is 0 Å². The van der Waals surface area contributed by atoms with Crippen molar-refractivity contribution in [3.05, 3.63) is 36.4 Å². The van der Waals surface area contributed by atoms with Gasteiger partial charge in [0.1, 0.15) is 5.75 Å². The molecule has 0 atom stereocenters. The number of hydrogen-bond acceptors (Lipinski definition) is 5. The van der Waals surface area contributed by atoms with Crippen molar-refractivity contribution < 1.29 is 22.2 Å². The van der Waals surface area contributed by atoms with E-state index in [0.29, 0.717) is 5.69 Å². The number of carbonyl (C=O) groups is 2. The first-order valence-electron chi connectivity index (χ1n) is 4.56. The number of benzene rings is 1. The van der Waals surface area contributed by atoms with Crippen LogP contribution in [-0.2, 0) is 20.6 Å². The number of amides is 2. The summed E-state index contributed by atoms with van der Waals surface area (Å²) in [5.74, 6) is -0.742. The molecule has 0 aliphatic carbocycles. The van der Waals surface area contributed by atoms with Crippen molar-refractivity contribution in [1.82, 2.24) is 0 Å². The molecule has 7 heteroatoms. The van der Waals surface area contributed by atoms with Crippen LogP contribution in [0.15, 0.2) is 36.4 Å². The summed E-state index contributed by atoms with van der Waals surface area (Å²) in [5, 5.41) is 0. The first-order valence-corrected chi connectivity index (χ1v) is 5.66. The van der Waals surface area contributed by atoms with E-state index >= 15 is 0 Å². The SMILES string of the molecule is O=C1C=CC(=O)N1c1ccc(O[SH](=O)=O)cc1. The Hall–Kier alpha value is -2.15. The molecule has 0 bridgehead atoms. The van der Waals surface area contributed by atoms with Crippen molar-refractivity contribution in [2.75, 3.05) is 4.90 Å². The largest absolute Gasteiger partial charge is 0.384 e. The van der Waals surface area contributed by atoms with Gasteiger partial charge in [-0.05, 0) is 24.3 Å². The summed E-state index contributed by atoms with van der Waals surface area (Å²) in [4.78, 5) is 23.6. The molecule has 1 heterocycles. The predicted molar refractivity (Wildman–Crippen MR) is 59.0 cm³/mol. The Morgan fingerprint density at radius 1 is 0.941 bits per heavy atom. The van der Waals surface area contributed by atoms with Gasteiger partial charge >= 0.3 is 0 Å². The maximum atomic E-state index is 11.3. The molecule has 88 valence electrons. The number of nitrogens with zero attached hydrogens (tertiary/aromatic N) is 1. The zero-order valence-corrected chi connectivity index (χ0v) is 9.29. The Bertz CT molecular complexity index is 547. The molecule has 1 aliphatic rings. The van der Waals surface area contributed by atoms with Gasteiger partial charge in [-0.2, -0.15) is 8.42 Å². The minimum absolute atomic E-state index is 0.122. The lowest BCUT2D eigenvalue weighted by Crippen LogP contribution is -2.29. The minimum Gasteiger partial charge on any atom is -0.384 e. The molecule has 6 nitrogen and oxygen atoms in total. The second-order valence-electron chi connectivity index (χ2n) is 3.15. The van der Waals surface area contributed by atoms with Crippen LogP contribution in [0.25, 0.3) is 0 Å². The minimum atomic E-state index is -2.97. The Balaban J connectivity index is 2.24. The standard InChI is InChI=1S/C10H7NO5S/c12-9-5-6-10(13)11(9)7-1-3-8(4-2-7)16-17(14)15/h1-6,17H. The average Bonchev–Trinajstić information content (AvgIpc) is 2.59. The first kappa shape index (κ1) is 11.3. The molecule has 0 saturated heterocycles. The average molecular weight is 253 g/mol. The number of rotatable bonds is 3. The van der Waals surface area contributed by atoms with Gasteiger partial charge < -0.3 is 4.18 Å². The van der Waals surface area contributed by atoms with Gasteiger partial charge in [0.15, 0.2) is 0 Å². The van der Waals surface area contributed by atoms with Crippen molar-refractivity contribution in [2.24, 2.45) is 0 Å². The fourth-order valence-electron chi connectivity index (χ4n) is 1.40. The Labute approximate surface area is 98.3 Å². The molecule has 2 amide bonds.